The Labute approximate surface area is 107 Å². The van der Waals surface area contributed by atoms with Gasteiger partial charge in [0, 0.05) is 24.5 Å². The molecule has 98 valence electrons. The molecule has 1 aromatic carbocycles. The third-order valence-electron chi connectivity index (χ3n) is 2.89. The standard InChI is InChI=1S/C14H19NO3/c1-2-3-4-5-9-13(16)11-12-8-6-7-10-14(12)15(17)18/h6-8,10H,2-5,9,11H2,1H3. The van der Waals surface area contributed by atoms with Crippen molar-refractivity contribution in [3.05, 3.63) is 39.9 Å². The highest BCUT2D eigenvalue weighted by Crippen LogP contribution is 2.19. The average molecular weight is 249 g/mol. The smallest absolute Gasteiger partial charge is 0.273 e. The molecule has 0 saturated heterocycles. The molecule has 0 aliphatic heterocycles. The van der Waals surface area contributed by atoms with E-state index in [2.05, 4.69) is 6.92 Å². The molecule has 0 aliphatic carbocycles. The number of benzene rings is 1. The number of nitro benzene ring substituents is 1. The van der Waals surface area contributed by atoms with Crippen LogP contribution in [0.1, 0.15) is 44.6 Å². The maximum Gasteiger partial charge on any atom is 0.273 e. The molecule has 18 heavy (non-hydrogen) atoms. The van der Waals surface area contributed by atoms with Gasteiger partial charge in [0.2, 0.25) is 0 Å². The average Bonchev–Trinajstić information content (AvgIpc) is 2.35. The van der Waals surface area contributed by atoms with Crippen molar-refractivity contribution in [1.29, 1.82) is 0 Å². The Hall–Kier alpha value is -1.71. The first-order chi connectivity index (χ1) is 8.65. The third-order valence-corrected chi connectivity index (χ3v) is 2.89. The van der Waals surface area contributed by atoms with E-state index < -0.39 is 4.92 Å². The van der Waals surface area contributed by atoms with Gasteiger partial charge in [-0.1, -0.05) is 44.4 Å². The largest absolute Gasteiger partial charge is 0.299 e. The number of para-hydroxylation sites is 1. The molecule has 1 rings (SSSR count). The molecule has 0 aliphatic rings. The Morgan fingerprint density at radius 3 is 2.61 bits per heavy atom. The number of nitrogens with zero attached hydrogens (tertiary/aromatic N) is 1. The monoisotopic (exact) mass is 249 g/mol. The highest BCUT2D eigenvalue weighted by Gasteiger charge is 2.14. The number of Topliss-reactive ketones (excluding diaryl/α,β-unsaturated/α-hetero) is 1. The Kier molecular flexibility index (Phi) is 6.05. The SMILES string of the molecule is CCCCCCC(=O)Cc1ccccc1[N+](=O)[O-]. The van der Waals surface area contributed by atoms with E-state index in [0.29, 0.717) is 12.0 Å². The van der Waals surface area contributed by atoms with Crippen molar-refractivity contribution >= 4 is 11.5 Å². The van der Waals surface area contributed by atoms with Gasteiger partial charge in [0.05, 0.1) is 4.92 Å². The summed E-state index contributed by atoms with van der Waals surface area (Å²) in [6.45, 7) is 2.12. The van der Waals surface area contributed by atoms with E-state index in [-0.39, 0.29) is 17.9 Å². The van der Waals surface area contributed by atoms with Gasteiger partial charge in [-0.3, -0.25) is 14.9 Å². The molecule has 0 N–H and O–H groups in total. The van der Waals surface area contributed by atoms with Gasteiger partial charge in [0.15, 0.2) is 0 Å². The minimum absolute atomic E-state index is 0.0411. The number of hydrogen-bond acceptors (Lipinski definition) is 3. The van der Waals surface area contributed by atoms with Crippen LogP contribution in [0.3, 0.4) is 0 Å². The quantitative estimate of drug-likeness (QED) is 0.401. The van der Waals surface area contributed by atoms with Crippen LogP contribution >= 0.6 is 0 Å². The van der Waals surface area contributed by atoms with Gasteiger partial charge in [-0.2, -0.15) is 0 Å². The number of unbranched alkanes of at least 4 members (excludes halogenated alkanes) is 3. The van der Waals surface area contributed by atoms with Crippen molar-refractivity contribution in [2.24, 2.45) is 0 Å². The van der Waals surface area contributed by atoms with Crippen molar-refractivity contribution in [2.75, 3.05) is 0 Å². The molecular formula is C14H19NO3. The molecule has 0 bridgehead atoms. The zero-order valence-corrected chi connectivity index (χ0v) is 10.7. The second-order valence-electron chi connectivity index (χ2n) is 4.41. The highest BCUT2D eigenvalue weighted by molar-refractivity contribution is 5.81. The summed E-state index contributed by atoms with van der Waals surface area (Å²) in [5.41, 5.74) is 0.558. The summed E-state index contributed by atoms with van der Waals surface area (Å²) in [5.74, 6) is 0.0837. The van der Waals surface area contributed by atoms with Crippen LogP contribution in [0, 0.1) is 10.1 Å². The second kappa shape index (κ2) is 7.58. The van der Waals surface area contributed by atoms with Gasteiger partial charge in [-0.15, -0.1) is 0 Å². The van der Waals surface area contributed by atoms with E-state index in [1.54, 1.807) is 18.2 Å². The fourth-order valence-corrected chi connectivity index (χ4v) is 1.89. The molecular weight excluding hydrogens is 230 g/mol. The summed E-state index contributed by atoms with van der Waals surface area (Å²) in [4.78, 5) is 22.1. The van der Waals surface area contributed by atoms with Crippen LogP contribution < -0.4 is 0 Å². The first-order valence-corrected chi connectivity index (χ1v) is 6.39. The van der Waals surface area contributed by atoms with Crippen LogP contribution in [0.15, 0.2) is 24.3 Å². The lowest BCUT2D eigenvalue weighted by atomic mass is 10.0. The topological polar surface area (TPSA) is 60.2 Å². The van der Waals surface area contributed by atoms with Crippen molar-refractivity contribution in [2.45, 2.75) is 45.4 Å². The number of carbonyl (C=O) groups excluding carboxylic acids is 1. The number of hydrogen-bond donors (Lipinski definition) is 0. The van der Waals surface area contributed by atoms with E-state index >= 15 is 0 Å². The number of carbonyl (C=O) groups is 1. The van der Waals surface area contributed by atoms with E-state index in [1.807, 2.05) is 0 Å². The third kappa shape index (κ3) is 4.65. The summed E-state index contributed by atoms with van der Waals surface area (Å²) in [6, 6.07) is 6.45. The van der Waals surface area contributed by atoms with Crippen LogP contribution in [0.4, 0.5) is 5.69 Å². The fraction of sp³-hybridized carbons (Fsp3) is 0.500. The predicted octanol–water partition coefficient (Wildman–Crippen LogP) is 3.68. The molecule has 4 heteroatoms. The van der Waals surface area contributed by atoms with Crippen molar-refractivity contribution in [1.82, 2.24) is 0 Å². The zero-order valence-electron chi connectivity index (χ0n) is 10.7. The van der Waals surface area contributed by atoms with Crippen molar-refractivity contribution in [3.63, 3.8) is 0 Å². The molecule has 0 atom stereocenters. The molecule has 0 saturated carbocycles. The number of ketones is 1. The van der Waals surface area contributed by atoms with E-state index in [4.69, 9.17) is 0 Å². The second-order valence-corrected chi connectivity index (χ2v) is 4.41. The Bertz CT molecular complexity index is 415. The normalized spacial score (nSPS) is 10.3. The molecule has 0 spiro atoms. The summed E-state index contributed by atoms with van der Waals surface area (Å²) in [6.07, 6.45) is 4.90. The minimum Gasteiger partial charge on any atom is -0.299 e. The maximum absolute atomic E-state index is 11.7. The van der Waals surface area contributed by atoms with Gasteiger partial charge >= 0.3 is 0 Å². The molecule has 0 unspecified atom stereocenters. The maximum atomic E-state index is 11.7. The van der Waals surface area contributed by atoms with E-state index in [0.717, 1.165) is 25.7 Å². The molecule has 0 aromatic heterocycles. The lowest BCUT2D eigenvalue weighted by Gasteiger charge is -2.02. The van der Waals surface area contributed by atoms with Crippen LogP contribution in [-0.2, 0) is 11.2 Å². The van der Waals surface area contributed by atoms with Crippen LogP contribution in [0.25, 0.3) is 0 Å². The van der Waals surface area contributed by atoms with Gasteiger partial charge in [-0.05, 0) is 6.42 Å². The molecule has 0 amide bonds. The van der Waals surface area contributed by atoms with Crippen LogP contribution in [-0.4, -0.2) is 10.7 Å². The molecule has 1 aromatic rings. The first kappa shape index (κ1) is 14.4. The Balaban J connectivity index is 2.51. The Morgan fingerprint density at radius 2 is 1.94 bits per heavy atom. The van der Waals surface area contributed by atoms with Crippen LogP contribution in [0.2, 0.25) is 0 Å². The van der Waals surface area contributed by atoms with Gasteiger partial charge < -0.3 is 0 Å². The van der Waals surface area contributed by atoms with Gasteiger partial charge in [0.25, 0.3) is 5.69 Å². The number of nitro groups is 1. The fourth-order valence-electron chi connectivity index (χ4n) is 1.89. The predicted molar refractivity (Wildman–Crippen MR) is 70.6 cm³/mol. The molecule has 0 heterocycles. The Morgan fingerprint density at radius 1 is 1.22 bits per heavy atom. The van der Waals surface area contributed by atoms with Gasteiger partial charge in [-0.25, -0.2) is 0 Å². The summed E-state index contributed by atoms with van der Waals surface area (Å²) in [5, 5.41) is 10.8. The molecule has 4 nitrogen and oxygen atoms in total. The van der Waals surface area contributed by atoms with Gasteiger partial charge in [0.1, 0.15) is 5.78 Å². The summed E-state index contributed by atoms with van der Waals surface area (Å²) >= 11 is 0. The summed E-state index contributed by atoms with van der Waals surface area (Å²) in [7, 11) is 0. The lowest BCUT2D eigenvalue weighted by Crippen LogP contribution is -2.05. The zero-order chi connectivity index (χ0) is 13.4. The van der Waals surface area contributed by atoms with E-state index in [1.165, 1.54) is 6.07 Å². The van der Waals surface area contributed by atoms with E-state index in [9.17, 15) is 14.9 Å². The minimum atomic E-state index is -0.431. The number of rotatable bonds is 8. The highest BCUT2D eigenvalue weighted by atomic mass is 16.6. The molecule has 0 radical (unpaired) electrons. The lowest BCUT2D eigenvalue weighted by molar-refractivity contribution is -0.385. The van der Waals surface area contributed by atoms with Crippen molar-refractivity contribution in [3.8, 4) is 0 Å². The molecule has 0 fully saturated rings. The first-order valence-electron chi connectivity index (χ1n) is 6.39. The van der Waals surface area contributed by atoms with Crippen molar-refractivity contribution < 1.29 is 9.72 Å². The summed E-state index contributed by atoms with van der Waals surface area (Å²) < 4.78 is 0. The van der Waals surface area contributed by atoms with Crippen LogP contribution in [0.5, 0.6) is 0 Å².